The Bertz CT molecular complexity index is 445. The first-order valence-corrected chi connectivity index (χ1v) is 6.33. The molecule has 0 aromatic heterocycles. The van der Waals surface area contributed by atoms with E-state index >= 15 is 0 Å². The molecule has 1 aliphatic rings. The molecule has 1 fully saturated rings. The first-order chi connectivity index (χ1) is 8.56. The number of benzene rings is 1. The van der Waals surface area contributed by atoms with E-state index < -0.39 is 4.92 Å². The van der Waals surface area contributed by atoms with Gasteiger partial charge in [0.25, 0.3) is 5.69 Å². The highest BCUT2D eigenvalue weighted by atomic mass is 35.5. The molecule has 98 valence electrons. The Labute approximate surface area is 111 Å². The number of anilines is 1. The largest absolute Gasteiger partial charge is 0.382 e. The van der Waals surface area contributed by atoms with Crippen molar-refractivity contribution in [3.8, 4) is 0 Å². The van der Waals surface area contributed by atoms with Crippen molar-refractivity contribution in [2.75, 3.05) is 25.5 Å². The third-order valence-corrected chi connectivity index (χ3v) is 3.55. The molecule has 0 radical (unpaired) electrons. The van der Waals surface area contributed by atoms with Gasteiger partial charge in [0.15, 0.2) is 0 Å². The van der Waals surface area contributed by atoms with Crippen LogP contribution in [0.25, 0.3) is 0 Å². The fourth-order valence-electron chi connectivity index (χ4n) is 2.13. The summed E-state index contributed by atoms with van der Waals surface area (Å²) in [5.74, 6) is 0. The van der Waals surface area contributed by atoms with Crippen molar-refractivity contribution in [1.82, 2.24) is 4.90 Å². The molecule has 1 aliphatic heterocycles. The Morgan fingerprint density at radius 1 is 1.44 bits per heavy atom. The number of nitro benzene ring substituents is 1. The van der Waals surface area contributed by atoms with Crippen molar-refractivity contribution in [2.45, 2.75) is 18.9 Å². The molecule has 1 aromatic rings. The fourth-order valence-corrected chi connectivity index (χ4v) is 2.32. The molecule has 1 aromatic carbocycles. The Morgan fingerprint density at radius 3 is 2.72 bits per heavy atom. The molecular weight excluding hydrogens is 254 g/mol. The first-order valence-electron chi connectivity index (χ1n) is 5.95. The molecule has 0 spiro atoms. The Balaban J connectivity index is 2.05. The lowest BCUT2D eigenvalue weighted by molar-refractivity contribution is -0.384. The van der Waals surface area contributed by atoms with Gasteiger partial charge in [-0.3, -0.25) is 10.1 Å². The van der Waals surface area contributed by atoms with Crippen molar-refractivity contribution in [2.24, 2.45) is 0 Å². The number of rotatable bonds is 3. The minimum absolute atomic E-state index is 0.0467. The van der Waals surface area contributed by atoms with Crippen LogP contribution in [0.2, 0.25) is 5.02 Å². The lowest BCUT2D eigenvalue weighted by Crippen LogP contribution is -2.36. The molecule has 5 nitrogen and oxygen atoms in total. The van der Waals surface area contributed by atoms with Gasteiger partial charge in [-0.2, -0.15) is 0 Å². The minimum atomic E-state index is -0.456. The SMILES string of the molecule is CN1CCC(Nc2ccc(Cl)c([N+](=O)[O-])c2)CC1. The van der Waals surface area contributed by atoms with E-state index in [2.05, 4.69) is 17.3 Å². The van der Waals surface area contributed by atoms with Crippen LogP contribution in [0.1, 0.15) is 12.8 Å². The number of likely N-dealkylation sites (tertiary alicyclic amines) is 1. The van der Waals surface area contributed by atoms with Crippen molar-refractivity contribution < 1.29 is 4.92 Å². The Kier molecular flexibility index (Phi) is 4.04. The summed E-state index contributed by atoms with van der Waals surface area (Å²) >= 11 is 5.78. The predicted octanol–water partition coefficient (Wildman–Crippen LogP) is 2.75. The van der Waals surface area contributed by atoms with E-state index in [4.69, 9.17) is 11.6 Å². The van der Waals surface area contributed by atoms with Gasteiger partial charge in [0.2, 0.25) is 0 Å². The number of piperidine rings is 1. The molecule has 0 aliphatic carbocycles. The summed E-state index contributed by atoms with van der Waals surface area (Å²) in [7, 11) is 2.10. The van der Waals surface area contributed by atoms with Crippen LogP contribution >= 0.6 is 11.6 Å². The maximum atomic E-state index is 10.8. The van der Waals surface area contributed by atoms with Gasteiger partial charge in [-0.1, -0.05) is 11.6 Å². The standard InChI is InChI=1S/C12H16ClN3O2/c1-15-6-4-9(5-7-15)14-10-2-3-11(13)12(8-10)16(17)18/h2-3,8-9,14H,4-7H2,1H3. The van der Waals surface area contributed by atoms with Crippen LogP contribution in [0.3, 0.4) is 0 Å². The summed E-state index contributed by atoms with van der Waals surface area (Å²) in [6, 6.07) is 5.23. The summed E-state index contributed by atoms with van der Waals surface area (Å²) in [5.41, 5.74) is 0.718. The van der Waals surface area contributed by atoms with Gasteiger partial charge >= 0.3 is 0 Å². The fraction of sp³-hybridized carbons (Fsp3) is 0.500. The molecule has 18 heavy (non-hydrogen) atoms. The van der Waals surface area contributed by atoms with E-state index in [-0.39, 0.29) is 10.7 Å². The molecule has 0 atom stereocenters. The molecule has 1 saturated heterocycles. The normalized spacial score (nSPS) is 17.7. The molecule has 1 N–H and O–H groups in total. The van der Waals surface area contributed by atoms with Gasteiger partial charge in [0.05, 0.1) is 4.92 Å². The predicted molar refractivity (Wildman–Crippen MR) is 72.2 cm³/mol. The van der Waals surface area contributed by atoms with E-state index in [9.17, 15) is 10.1 Å². The Hall–Kier alpha value is -1.33. The zero-order valence-corrected chi connectivity index (χ0v) is 11.0. The summed E-state index contributed by atoms with van der Waals surface area (Å²) in [6.45, 7) is 2.10. The van der Waals surface area contributed by atoms with Crippen LogP contribution in [0.5, 0.6) is 0 Å². The van der Waals surface area contributed by atoms with E-state index in [1.165, 1.54) is 6.07 Å². The molecule has 6 heteroatoms. The zero-order chi connectivity index (χ0) is 13.1. The third-order valence-electron chi connectivity index (χ3n) is 3.23. The smallest absolute Gasteiger partial charge is 0.289 e. The maximum absolute atomic E-state index is 10.8. The minimum Gasteiger partial charge on any atom is -0.382 e. The second-order valence-electron chi connectivity index (χ2n) is 4.65. The number of hydrogen-bond donors (Lipinski definition) is 1. The number of nitrogens with one attached hydrogen (secondary N) is 1. The van der Waals surface area contributed by atoms with Crippen molar-refractivity contribution in [3.63, 3.8) is 0 Å². The average Bonchev–Trinajstić information content (AvgIpc) is 2.34. The molecule has 0 bridgehead atoms. The van der Waals surface area contributed by atoms with Crippen molar-refractivity contribution in [3.05, 3.63) is 33.3 Å². The summed E-state index contributed by atoms with van der Waals surface area (Å²) in [6.07, 6.45) is 2.10. The van der Waals surface area contributed by atoms with Crippen LogP contribution in [0.4, 0.5) is 11.4 Å². The number of halogens is 1. The van der Waals surface area contributed by atoms with Crippen molar-refractivity contribution in [1.29, 1.82) is 0 Å². The summed E-state index contributed by atoms with van der Waals surface area (Å²) in [5, 5.41) is 14.3. The van der Waals surface area contributed by atoms with Gasteiger partial charge in [-0.15, -0.1) is 0 Å². The Morgan fingerprint density at radius 2 is 2.11 bits per heavy atom. The molecule has 0 amide bonds. The lowest BCUT2D eigenvalue weighted by Gasteiger charge is -2.30. The second-order valence-corrected chi connectivity index (χ2v) is 5.05. The van der Waals surface area contributed by atoms with Gasteiger partial charge < -0.3 is 10.2 Å². The lowest BCUT2D eigenvalue weighted by atomic mass is 10.1. The van der Waals surface area contributed by atoms with Crippen molar-refractivity contribution >= 4 is 23.0 Å². The zero-order valence-electron chi connectivity index (χ0n) is 10.2. The maximum Gasteiger partial charge on any atom is 0.289 e. The molecule has 1 heterocycles. The number of nitrogens with zero attached hydrogens (tertiary/aromatic N) is 2. The summed E-state index contributed by atoms with van der Waals surface area (Å²) < 4.78 is 0. The second kappa shape index (κ2) is 5.54. The van der Waals surface area contributed by atoms with E-state index in [0.717, 1.165) is 31.6 Å². The average molecular weight is 270 g/mol. The molecule has 0 unspecified atom stereocenters. The third kappa shape index (κ3) is 3.11. The van der Waals surface area contributed by atoms with Gasteiger partial charge in [-0.05, 0) is 45.1 Å². The quantitative estimate of drug-likeness (QED) is 0.677. The van der Waals surface area contributed by atoms with Crippen LogP contribution in [0, 0.1) is 10.1 Å². The first kappa shape index (κ1) is 13.1. The highest BCUT2D eigenvalue weighted by Gasteiger charge is 2.18. The molecular formula is C12H16ClN3O2. The summed E-state index contributed by atoms with van der Waals surface area (Å²) in [4.78, 5) is 12.6. The van der Waals surface area contributed by atoms with Gasteiger partial charge in [0.1, 0.15) is 5.02 Å². The number of nitro groups is 1. The van der Waals surface area contributed by atoms with Crippen LogP contribution in [-0.4, -0.2) is 36.0 Å². The highest BCUT2D eigenvalue weighted by Crippen LogP contribution is 2.28. The van der Waals surface area contributed by atoms with Gasteiger partial charge in [0, 0.05) is 17.8 Å². The van der Waals surface area contributed by atoms with Crippen LogP contribution in [0.15, 0.2) is 18.2 Å². The topological polar surface area (TPSA) is 58.4 Å². The van der Waals surface area contributed by atoms with E-state index in [1.54, 1.807) is 12.1 Å². The monoisotopic (exact) mass is 269 g/mol. The molecule has 0 saturated carbocycles. The number of hydrogen-bond acceptors (Lipinski definition) is 4. The molecule has 2 rings (SSSR count). The highest BCUT2D eigenvalue weighted by molar-refractivity contribution is 6.32. The van der Waals surface area contributed by atoms with E-state index in [1.807, 2.05) is 0 Å². The van der Waals surface area contributed by atoms with E-state index in [0.29, 0.717) is 6.04 Å². The van der Waals surface area contributed by atoms with Gasteiger partial charge in [-0.25, -0.2) is 0 Å². The van der Waals surface area contributed by atoms with Crippen LogP contribution < -0.4 is 5.32 Å². The van der Waals surface area contributed by atoms with Crippen LogP contribution in [-0.2, 0) is 0 Å².